The highest BCUT2D eigenvalue weighted by molar-refractivity contribution is 7.14. The predicted octanol–water partition coefficient (Wildman–Crippen LogP) is 2.81. The van der Waals surface area contributed by atoms with E-state index in [0.29, 0.717) is 16.3 Å². The highest BCUT2D eigenvalue weighted by Gasteiger charge is 2.12. The summed E-state index contributed by atoms with van der Waals surface area (Å²) < 4.78 is 0. The lowest BCUT2D eigenvalue weighted by molar-refractivity contribution is -0.116. The van der Waals surface area contributed by atoms with Crippen molar-refractivity contribution in [1.82, 2.24) is 4.90 Å². The van der Waals surface area contributed by atoms with Crippen LogP contribution in [0.25, 0.3) is 0 Å². The maximum atomic E-state index is 12.2. The zero-order chi connectivity index (χ0) is 16.1. The number of para-hydroxylation sites is 2. The van der Waals surface area contributed by atoms with Gasteiger partial charge in [0.25, 0.3) is 5.91 Å². The smallest absolute Gasteiger partial charge is 0.265 e. The molecule has 2 aromatic rings. The van der Waals surface area contributed by atoms with Crippen molar-refractivity contribution in [2.75, 3.05) is 31.3 Å². The minimum atomic E-state index is -0.174. The Morgan fingerprint density at radius 1 is 1.05 bits per heavy atom. The van der Waals surface area contributed by atoms with E-state index in [1.807, 2.05) is 39.2 Å². The number of carbonyl (C=O) groups excluding carboxylic acids is 2. The third kappa shape index (κ3) is 4.41. The first-order valence-electron chi connectivity index (χ1n) is 6.87. The molecule has 0 aliphatic carbocycles. The maximum absolute atomic E-state index is 12.2. The lowest BCUT2D eigenvalue weighted by atomic mass is 10.2. The van der Waals surface area contributed by atoms with Crippen LogP contribution < -0.4 is 10.6 Å². The third-order valence-corrected chi connectivity index (χ3v) is 3.87. The van der Waals surface area contributed by atoms with E-state index in [9.17, 15) is 9.59 Å². The number of likely N-dealkylation sites (N-methyl/N-ethyl adjacent to an activating group) is 1. The van der Waals surface area contributed by atoms with E-state index in [2.05, 4.69) is 10.6 Å². The van der Waals surface area contributed by atoms with Crippen molar-refractivity contribution >= 4 is 34.5 Å². The summed E-state index contributed by atoms with van der Waals surface area (Å²) in [6.45, 7) is 2.24. The lowest BCUT2D eigenvalue weighted by Gasteiger charge is -2.13. The first-order valence-corrected chi connectivity index (χ1v) is 7.69. The largest absolute Gasteiger partial charge is 0.323 e. The normalized spacial score (nSPS) is 10.5. The van der Waals surface area contributed by atoms with Crippen molar-refractivity contribution < 1.29 is 9.59 Å². The molecule has 1 heterocycles. The molecule has 6 heteroatoms. The molecule has 116 valence electrons. The maximum Gasteiger partial charge on any atom is 0.265 e. The Hall–Kier alpha value is -2.18. The number of thiophene rings is 1. The zero-order valence-corrected chi connectivity index (χ0v) is 13.7. The molecular formula is C16H19N3O2S. The van der Waals surface area contributed by atoms with Crippen LogP contribution in [0.15, 0.2) is 36.4 Å². The number of anilines is 2. The molecule has 2 rings (SSSR count). The van der Waals surface area contributed by atoms with Gasteiger partial charge in [-0.2, -0.15) is 0 Å². The highest BCUT2D eigenvalue weighted by atomic mass is 32.1. The summed E-state index contributed by atoms with van der Waals surface area (Å²) in [5.41, 5.74) is 1.18. The second-order valence-corrected chi connectivity index (χ2v) is 6.48. The van der Waals surface area contributed by atoms with Crippen molar-refractivity contribution in [3.8, 4) is 0 Å². The summed E-state index contributed by atoms with van der Waals surface area (Å²) in [5.74, 6) is -0.300. The average molecular weight is 317 g/mol. The Labute approximate surface area is 134 Å². The molecule has 0 fully saturated rings. The molecule has 0 bridgehead atoms. The van der Waals surface area contributed by atoms with Crippen LogP contribution in [-0.2, 0) is 4.79 Å². The van der Waals surface area contributed by atoms with Gasteiger partial charge in [-0.25, -0.2) is 0 Å². The SMILES string of the molecule is Cc1ccc(C(=O)Nc2ccccc2NC(=O)CN(C)C)s1. The first-order chi connectivity index (χ1) is 10.5. The minimum absolute atomic E-state index is 0.126. The fourth-order valence-electron chi connectivity index (χ4n) is 1.92. The highest BCUT2D eigenvalue weighted by Crippen LogP contribution is 2.23. The third-order valence-electron chi connectivity index (χ3n) is 2.87. The molecule has 0 radical (unpaired) electrons. The van der Waals surface area contributed by atoms with E-state index in [4.69, 9.17) is 0 Å². The molecule has 0 saturated carbocycles. The van der Waals surface area contributed by atoms with Gasteiger partial charge in [-0.3, -0.25) is 9.59 Å². The summed E-state index contributed by atoms with van der Waals surface area (Å²) in [6, 6.07) is 10.9. The molecule has 1 aromatic heterocycles. The van der Waals surface area contributed by atoms with Gasteiger partial charge in [-0.05, 0) is 45.3 Å². The Bertz CT molecular complexity index is 680. The number of nitrogens with zero attached hydrogens (tertiary/aromatic N) is 1. The van der Waals surface area contributed by atoms with Gasteiger partial charge in [-0.1, -0.05) is 12.1 Å². The van der Waals surface area contributed by atoms with Gasteiger partial charge >= 0.3 is 0 Å². The Balaban J connectivity index is 2.11. The number of hydrogen-bond acceptors (Lipinski definition) is 4. The fraction of sp³-hybridized carbons (Fsp3) is 0.250. The molecule has 0 atom stereocenters. The number of hydrogen-bond donors (Lipinski definition) is 2. The Morgan fingerprint density at radius 2 is 1.68 bits per heavy atom. The van der Waals surface area contributed by atoms with E-state index in [1.54, 1.807) is 23.1 Å². The molecular weight excluding hydrogens is 298 g/mol. The quantitative estimate of drug-likeness (QED) is 0.891. The van der Waals surface area contributed by atoms with Crippen LogP contribution in [0.2, 0.25) is 0 Å². The summed E-state index contributed by atoms with van der Waals surface area (Å²) in [6.07, 6.45) is 0. The summed E-state index contributed by atoms with van der Waals surface area (Å²) in [7, 11) is 3.65. The molecule has 0 spiro atoms. The van der Waals surface area contributed by atoms with E-state index >= 15 is 0 Å². The van der Waals surface area contributed by atoms with E-state index in [1.165, 1.54) is 11.3 Å². The van der Waals surface area contributed by atoms with Gasteiger partial charge in [0.15, 0.2) is 0 Å². The number of amides is 2. The monoisotopic (exact) mass is 317 g/mol. The van der Waals surface area contributed by atoms with Gasteiger partial charge in [-0.15, -0.1) is 11.3 Å². The van der Waals surface area contributed by atoms with Crippen LogP contribution in [0.1, 0.15) is 14.5 Å². The topological polar surface area (TPSA) is 61.4 Å². The molecule has 0 aliphatic heterocycles. The van der Waals surface area contributed by atoms with Gasteiger partial charge in [0.05, 0.1) is 22.8 Å². The van der Waals surface area contributed by atoms with Crippen molar-refractivity contribution in [3.05, 3.63) is 46.2 Å². The molecule has 5 nitrogen and oxygen atoms in total. The van der Waals surface area contributed by atoms with Crippen LogP contribution in [-0.4, -0.2) is 37.4 Å². The average Bonchev–Trinajstić information content (AvgIpc) is 2.87. The second kappa shape index (κ2) is 7.20. The Morgan fingerprint density at radius 3 is 2.23 bits per heavy atom. The van der Waals surface area contributed by atoms with Crippen molar-refractivity contribution in [2.24, 2.45) is 0 Å². The molecule has 22 heavy (non-hydrogen) atoms. The predicted molar refractivity (Wildman–Crippen MR) is 90.6 cm³/mol. The number of benzene rings is 1. The standard InChI is InChI=1S/C16H19N3O2S/c1-11-8-9-14(22-11)16(21)18-13-7-5-4-6-12(13)17-15(20)10-19(2)3/h4-9H,10H2,1-3H3,(H,17,20)(H,18,21). The summed E-state index contributed by atoms with van der Waals surface area (Å²) in [5, 5.41) is 5.65. The first kappa shape index (κ1) is 16.2. The van der Waals surface area contributed by atoms with E-state index < -0.39 is 0 Å². The molecule has 2 N–H and O–H groups in total. The fourth-order valence-corrected chi connectivity index (χ4v) is 2.68. The molecule has 0 unspecified atom stereocenters. The van der Waals surface area contributed by atoms with Crippen LogP contribution in [0.3, 0.4) is 0 Å². The van der Waals surface area contributed by atoms with Gasteiger partial charge in [0.2, 0.25) is 5.91 Å². The van der Waals surface area contributed by atoms with Crippen LogP contribution in [0.4, 0.5) is 11.4 Å². The van der Waals surface area contributed by atoms with Gasteiger partial charge < -0.3 is 15.5 Å². The lowest BCUT2D eigenvalue weighted by Crippen LogP contribution is -2.27. The number of aryl methyl sites for hydroxylation is 1. The van der Waals surface area contributed by atoms with Crippen LogP contribution in [0, 0.1) is 6.92 Å². The summed E-state index contributed by atoms with van der Waals surface area (Å²) >= 11 is 1.44. The zero-order valence-electron chi connectivity index (χ0n) is 12.8. The van der Waals surface area contributed by atoms with Crippen LogP contribution in [0.5, 0.6) is 0 Å². The number of rotatable bonds is 5. The van der Waals surface area contributed by atoms with Gasteiger partial charge in [0.1, 0.15) is 0 Å². The number of nitrogens with one attached hydrogen (secondary N) is 2. The molecule has 2 amide bonds. The Kier molecular flexibility index (Phi) is 5.30. The van der Waals surface area contributed by atoms with E-state index in [0.717, 1.165) is 4.88 Å². The molecule has 0 saturated heterocycles. The second-order valence-electron chi connectivity index (χ2n) is 5.20. The van der Waals surface area contributed by atoms with Crippen molar-refractivity contribution in [2.45, 2.75) is 6.92 Å². The number of carbonyl (C=O) groups is 2. The minimum Gasteiger partial charge on any atom is -0.323 e. The molecule has 1 aromatic carbocycles. The van der Waals surface area contributed by atoms with Crippen LogP contribution >= 0.6 is 11.3 Å². The summed E-state index contributed by atoms with van der Waals surface area (Å²) in [4.78, 5) is 27.6. The van der Waals surface area contributed by atoms with E-state index in [-0.39, 0.29) is 18.4 Å². The van der Waals surface area contributed by atoms with Crippen molar-refractivity contribution in [1.29, 1.82) is 0 Å². The van der Waals surface area contributed by atoms with Crippen molar-refractivity contribution in [3.63, 3.8) is 0 Å². The van der Waals surface area contributed by atoms with Gasteiger partial charge in [0, 0.05) is 4.88 Å². The molecule has 0 aliphatic rings.